The van der Waals surface area contributed by atoms with Gasteiger partial charge in [-0.05, 0) is 47.4 Å². The highest BCUT2D eigenvalue weighted by Gasteiger charge is 2.13. The minimum absolute atomic E-state index is 0.0364. The predicted octanol–water partition coefficient (Wildman–Crippen LogP) is 3.98. The SMILES string of the molecule is CCCCc1ccc(NC(=O)C(=O)NN=Cc2c(O)ccc3ccccc23)cc1. The minimum Gasteiger partial charge on any atom is -0.507 e. The van der Waals surface area contributed by atoms with Crippen LogP contribution in [0.2, 0.25) is 0 Å². The van der Waals surface area contributed by atoms with Gasteiger partial charge in [0, 0.05) is 11.3 Å². The molecule has 3 rings (SSSR count). The van der Waals surface area contributed by atoms with Crippen molar-refractivity contribution >= 4 is 34.5 Å². The van der Waals surface area contributed by atoms with Crippen molar-refractivity contribution in [3.05, 3.63) is 71.8 Å². The Labute approximate surface area is 169 Å². The Balaban J connectivity index is 1.61. The molecule has 0 saturated carbocycles. The molecule has 0 aliphatic heterocycles. The van der Waals surface area contributed by atoms with Crippen LogP contribution in [0, 0.1) is 0 Å². The van der Waals surface area contributed by atoms with Crippen molar-refractivity contribution in [1.82, 2.24) is 5.43 Å². The molecule has 0 aliphatic carbocycles. The molecule has 0 spiro atoms. The first-order chi connectivity index (χ1) is 14.1. The van der Waals surface area contributed by atoms with Crippen molar-refractivity contribution in [2.24, 2.45) is 5.10 Å². The zero-order valence-corrected chi connectivity index (χ0v) is 16.2. The van der Waals surface area contributed by atoms with Crippen LogP contribution in [0.4, 0.5) is 5.69 Å². The Morgan fingerprint density at radius 1 is 1.00 bits per heavy atom. The van der Waals surface area contributed by atoms with E-state index in [-0.39, 0.29) is 5.75 Å². The minimum atomic E-state index is -0.893. The quantitative estimate of drug-likeness (QED) is 0.338. The highest BCUT2D eigenvalue weighted by Crippen LogP contribution is 2.25. The molecule has 0 radical (unpaired) electrons. The number of nitrogens with one attached hydrogen (secondary N) is 2. The molecule has 0 heterocycles. The number of carbonyl (C=O) groups excluding carboxylic acids is 2. The summed E-state index contributed by atoms with van der Waals surface area (Å²) in [5.41, 5.74) is 4.39. The van der Waals surface area contributed by atoms with E-state index in [9.17, 15) is 14.7 Å². The Morgan fingerprint density at radius 2 is 1.76 bits per heavy atom. The van der Waals surface area contributed by atoms with Gasteiger partial charge in [-0.1, -0.05) is 55.8 Å². The molecule has 0 aromatic heterocycles. The molecule has 3 N–H and O–H groups in total. The fourth-order valence-corrected chi connectivity index (χ4v) is 2.95. The number of amides is 2. The van der Waals surface area contributed by atoms with Gasteiger partial charge < -0.3 is 10.4 Å². The maximum atomic E-state index is 12.0. The fourth-order valence-electron chi connectivity index (χ4n) is 2.95. The van der Waals surface area contributed by atoms with Gasteiger partial charge in [-0.25, -0.2) is 5.43 Å². The fraction of sp³-hybridized carbons (Fsp3) is 0.174. The van der Waals surface area contributed by atoms with Crippen LogP contribution in [-0.2, 0) is 16.0 Å². The molecule has 0 bridgehead atoms. The zero-order chi connectivity index (χ0) is 20.6. The average Bonchev–Trinajstić information content (AvgIpc) is 2.74. The van der Waals surface area contributed by atoms with Crippen molar-refractivity contribution in [3.63, 3.8) is 0 Å². The van der Waals surface area contributed by atoms with Crippen LogP contribution in [0.3, 0.4) is 0 Å². The number of hydrazone groups is 1. The summed E-state index contributed by atoms with van der Waals surface area (Å²) >= 11 is 0. The van der Waals surface area contributed by atoms with Crippen molar-refractivity contribution in [2.75, 3.05) is 5.32 Å². The second-order valence-electron chi connectivity index (χ2n) is 6.67. The number of rotatable bonds is 6. The van der Waals surface area contributed by atoms with E-state index in [1.165, 1.54) is 11.8 Å². The van der Waals surface area contributed by atoms with Gasteiger partial charge in [-0.15, -0.1) is 0 Å². The van der Waals surface area contributed by atoms with E-state index in [0.717, 1.165) is 30.0 Å². The summed E-state index contributed by atoms with van der Waals surface area (Å²) in [6.07, 6.45) is 4.54. The second-order valence-corrected chi connectivity index (χ2v) is 6.67. The molecule has 148 valence electrons. The number of nitrogens with zero attached hydrogens (tertiary/aromatic N) is 1. The predicted molar refractivity (Wildman–Crippen MR) is 115 cm³/mol. The Hall–Kier alpha value is -3.67. The van der Waals surface area contributed by atoms with Gasteiger partial charge in [0.25, 0.3) is 0 Å². The van der Waals surface area contributed by atoms with Gasteiger partial charge in [0.2, 0.25) is 0 Å². The normalized spacial score (nSPS) is 10.9. The maximum absolute atomic E-state index is 12.0. The molecule has 0 unspecified atom stereocenters. The largest absolute Gasteiger partial charge is 0.507 e. The highest BCUT2D eigenvalue weighted by molar-refractivity contribution is 6.39. The van der Waals surface area contributed by atoms with Crippen LogP contribution in [0.5, 0.6) is 5.75 Å². The number of anilines is 1. The molecular weight excluding hydrogens is 366 g/mol. The monoisotopic (exact) mass is 389 g/mol. The second kappa shape index (κ2) is 9.50. The summed E-state index contributed by atoms with van der Waals surface area (Å²) in [5.74, 6) is -1.67. The molecule has 0 aliphatic rings. The summed E-state index contributed by atoms with van der Waals surface area (Å²) < 4.78 is 0. The van der Waals surface area contributed by atoms with Gasteiger partial charge >= 0.3 is 11.8 Å². The van der Waals surface area contributed by atoms with E-state index in [2.05, 4.69) is 22.8 Å². The first-order valence-electron chi connectivity index (χ1n) is 9.52. The van der Waals surface area contributed by atoms with E-state index in [1.54, 1.807) is 24.3 Å². The molecular formula is C23H23N3O3. The number of carbonyl (C=O) groups is 2. The maximum Gasteiger partial charge on any atom is 0.329 e. The molecule has 29 heavy (non-hydrogen) atoms. The topological polar surface area (TPSA) is 90.8 Å². The summed E-state index contributed by atoms with van der Waals surface area (Å²) in [7, 11) is 0. The van der Waals surface area contributed by atoms with Gasteiger partial charge in [-0.2, -0.15) is 5.10 Å². The standard InChI is InChI=1S/C23H23N3O3/c1-2-3-6-16-9-12-18(13-10-16)25-22(28)23(29)26-24-15-20-19-8-5-4-7-17(19)11-14-21(20)27/h4-5,7-15,27H,2-3,6H2,1H3,(H,25,28)(H,26,29). The molecule has 6 heteroatoms. The van der Waals surface area contributed by atoms with Crippen LogP contribution >= 0.6 is 0 Å². The number of aromatic hydroxyl groups is 1. The molecule has 3 aromatic carbocycles. The molecule has 0 fully saturated rings. The Morgan fingerprint density at radius 3 is 2.52 bits per heavy atom. The first-order valence-corrected chi connectivity index (χ1v) is 9.52. The van der Waals surface area contributed by atoms with Crippen LogP contribution in [-0.4, -0.2) is 23.1 Å². The number of phenolic OH excluding ortho intramolecular Hbond substituents is 1. The molecule has 6 nitrogen and oxygen atoms in total. The highest BCUT2D eigenvalue weighted by atomic mass is 16.3. The van der Waals surface area contributed by atoms with Crippen molar-refractivity contribution in [2.45, 2.75) is 26.2 Å². The van der Waals surface area contributed by atoms with Crippen LogP contribution in [0.25, 0.3) is 10.8 Å². The molecule has 2 amide bonds. The number of phenols is 1. The molecule has 0 saturated heterocycles. The third-order valence-electron chi connectivity index (χ3n) is 4.54. The van der Waals surface area contributed by atoms with Gasteiger partial charge in [0.15, 0.2) is 0 Å². The first kappa shape index (κ1) is 20.1. The van der Waals surface area contributed by atoms with E-state index in [1.807, 2.05) is 36.4 Å². The average molecular weight is 389 g/mol. The summed E-state index contributed by atoms with van der Waals surface area (Å²) in [5, 5.41) is 18.1. The lowest BCUT2D eigenvalue weighted by atomic mass is 10.0. The third-order valence-corrected chi connectivity index (χ3v) is 4.54. The molecule has 3 aromatic rings. The number of benzene rings is 3. The van der Waals surface area contributed by atoms with Gasteiger partial charge in [0.1, 0.15) is 5.75 Å². The van der Waals surface area contributed by atoms with Crippen LogP contribution in [0.15, 0.2) is 65.8 Å². The van der Waals surface area contributed by atoms with Crippen molar-refractivity contribution < 1.29 is 14.7 Å². The smallest absolute Gasteiger partial charge is 0.329 e. The summed E-state index contributed by atoms with van der Waals surface area (Å²) in [4.78, 5) is 24.0. The molecule has 0 atom stereocenters. The lowest BCUT2D eigenvalue weighted by molar-refractivity contribution is -0.136. The Bertz CT molecular complexity index is 1040. The van der Waals surface area contributed by atoms with E-state index < -0.39 is 11.8 Å². The summed E-state index contributed by atoms with van der Waals surface area (Å²) in [6, 6.07) is 18.3. The number of hydrogen-bond acceptors (Lipinski definition) is 4. The number of aryl methyl sites for hydroxylation is 1. The number of hydrogen-bond donors (Lipinski definition) is 3. The van der Waals surface area contributed by atoms with Crippen molar-refractivity contribution in [3.8, 4) is 5.75 Å². The van der Waals surface area contributed by atoms with Gasteiger partial charge in [0.05, 0.1) is 6.21 Å². The summed E-state index contributed by atoms with van der Waals surface area (Å²) in [6.45, 7) is 2.14. The number of fused-ring (bicyclic) bond motifs is 1. The van der Waals surface area contributed by atoms with Crippen LogP contribution in [0.1, 0.15) is 30.9 Å². The van der Waals surface area contributed by atoms with Gasteiger partial charge in [-0.3, -0.25) is 9.59 Å². The zero-order valence-electron chi connectivity index (χ0n) is 16.2. The van der Waals surface area contributed by atoms with E-state index >= 15 is 0 Å². The Kier molecular flexibility index (Phi) is 6.58. The lowest BCUT2D eigenvalue weighted by Gasteiger charge is -2.06. The lowest BCUT2D eigenvalue weighted by Crippen LogP contribution is -2.32. The number of unbranched alkanes of at least 4 members (excludes halogenated alkanes) is 1. The van der Waals surface area contributed by atoms with Crippen LogP contribution < -0.4 is 10.7 Å². The van der Waals surface area contributed by atoms with E-state index in [4.69, 9.17) is 0 Å². The third kappa shape index (κ3) is 5.19. The van der Waals surface area contributed by atoms with Crippen molar-refractivity contribution in [1.29, 1.82) is 0 Å². The van der Waals surface area contributed by atoms with E-state index in [0.29, 0.717) is 11.3 Å².